The van der Waals surface area contributed by atoms with Gasteiger partial charge < -0.3 is 20.8 Å². The van der Waals surface area contributed by atoms with Gasteiger partial charge in [0.25, 0.3) is 5.91 Å². The van der Waals surface area contributed by atoms with Gasteiger partial charge in [-0.3, -0.25) is 9.69 Å². The molecule has 0 saturated heterocycles. The molecule has 8 nitrogen and oxygen atoms in total. The molecular weight excluding hydrogens is 520 g/mol. The fraction of sp³-hybridized carbons (Fsp3) is 0.300. The number of nitrogens with one attached hydrogen (secondary N) is 2. The standard InChI is InChI=1S/C30H31F2N3O5/c31-23-14-24(32)16-25(15-23)34-30(40)35(26-12-10-21(11-13-26)20-4-2-1-3-5-20)18-19-6-8-22(9-7-19)28(37)33-17-27(36)29(38)39/h6-16,20,27,36H,1-5,17-18H2,(H,33,37)(H,34,40)(H,38,39). The Bertz CT molecular complexity index is 1320. The highest BCUT2D eigenvalue weighted by Gasteiger charge is 2.20. The van der Waals surface area contributed by atoms with Crippen LogP contribution in [0.15, 0.2) is 66.7 Å². The number of aliphatic hydroxyl groups excluding tert-OH is 1. The minimum Gasteiger partial charge on any atom is -0.479 e. The van der Waals surface area contributed by atoms with Crippen molar-refractivity contribution < 1.29 is 33.4 Å². The molecule has 0 radical (unpaired) electrons. The average molecular weight is 552 g/mol. The van der Waals surface area contributed by atoms with E-state index in [-0.39, 0.29) is 17.8 Å². The number of benzene rings is 3. The van der Waals surface area contributed by atoms with E-state index in [2.05, 4.69) is 10.6 Å². The SMILES string of the molecule is O=C(NCC(O)C(=O)O)c1ccc(CN(C(=O)Nc2cc(F)cc(F)c2)c2ccc(C3CCCCC3)cc2)cc1. The van der Waals surface area contributed by atoms with Crippen LogP contribution in [-0.2, 0) is 11.3 Å². The van der Waals surface area contributed by atoms with E-state index in [1.807, 2.05) is 24.3 Å². The van der Waals surface area contributed by atoms with Crippen molar-refractivity contribution in [1.82, 2.24) is 5.32 Å². The van der Waals surface area contributed by atoms with Gasteiger partial charge in [-0.1, -0.05) is 43.5 Å². The molecule has 1 unspecified atom stereocenters. The van der Waals surface area contributed by atoms with Crippen molar-refractivity contribution in [1.29, 1.82) is 0 Å². The Labute approximate surface area is 230 Å². The number of rotatable bonds is 9. The summed E-state index contributed by atoms with van der Waals surface area (Å²) in [5, 5.41) is 23.0. The number of aliphatic carboxylic acids is 1. The second-order valence-electron chi connectivity index (χ2n) is 9.86. The van der Waals surface area contributed by atoms with E-state index >= 15 is 0 Å². The Hall–Kier alpha value is -4.31. The second-order valence-corrected chi connectivity index (χ2v) is 9.86. The van der Waals surface area contributed by atoms with Crippen LogP contribution in [0.5, 0.6) is 0 Å². The van der Waals surface area contributed by atoms with Crippen LogP contribution >= 0.6 is 0 Å². The smallest absolute Gasteiger partial charge is 0.334 e. The summed E-state index contributed by atoms with van der Waals surface area (Å²) in [5.41, 5.74) is 2.67. The van der Waals surface area contributed by atoms with Crippen LogP contribution in [0.25, 0.3) is 0 Å². The van der Waals surface area contributed by atoms with Gasteiger partial charge in [0.05, 0.1) is 13.1 Å². The molecule has 4 N–H and O–H groups in total. The lowest BCUT2D eigenvalue weighted by Crippen LogP contribution is -2.36. The Morgan fingerprint density at radius 2 is 1.52 bits per heavy atom. The molecule has 0 heterocycles. The Kier molecular flexibility index (Phi) is 9.44. The molecule has 1 aliphatic rings. The quantitative estimate of drug-likeness (QED) is 0.283. The lowest BCUT2D eigenvalue weighted by atomic mass is 9.84. The minimum atomic E-state index is -1.72. The summed E-state index contributed by atoms with van der Waals surface area (Å²) in [6.45, 7) is -0.354. The highest BCUT2D eigenvalue weighted by molar-refractivity contribution is 6.01. The van der Waals surface area contributed by atoms with Crippen molar-refractivity contribution in [3.63, 3.8) is 0 Å². The molecular formula is C30H31F2N3O5. The molecule has 1 fully saturated rings. The monoisotopic (exact) mass is 551 g/mol. The van der Waals surface area contributed by atoms with E-state index in [9.17, 15) is 28.3 Å². The molecule has 3 aromatic rings. The van der Waals surface area contributed by atoms with Crippen LogP contribution in [-0.4, -0.2) is 40.8 Å². The van der Waals surface area contributed by atoms with Crippen LogP contribution in [0.2, 0.25) is 0 Å². The van der Waals surface area contributed by atoms with Gasteiger partial charge in [-0.2, -0.15) is 0 Å². The van der Waals surface area contributed by atoms with Crippen molar-refractivity contribution in [2.24, 2.45) is 0 Å². The van der Waals surface area contributed by atoms with Gasteiger partial charge in [0, 0.05) is 23.0 Å². The highest BCUT2D eigenvalue weighted by Crippen LogP contribution is 2.33. The maximum absolute atomic E-state index is 13.7. The van der Waals surface area contributed by atoms with Gasteiger partial charge in [-0.15, -0.1) is 0 Å². The van der Waals surface area contributed by atoms with Crippen molar-refractivity contribution >= 4 is 29.3 Å². The molecule has 1 saturated carbocycles. The Morgan fingerprint density at radius 3 is 2.12 bits per heavy atom. The summed E-state index contributed by atoms with van der Waals surface area (Å²) in [7, 11) is 0. The maximum Gasteiger partial charge on any atom is 0.334 e. The molecule has 3 aromatic carbocycles. The van der Waals surface area contributed by atoms with Crippen molar-refractivity contribution in [2.45, 2.75) is 50.7 Å². The van der Waals surface area contributed by atoms with Gasteiger partial charge in [-0.25, -0.2) is 18.4 Å². The first kappa shape index (κ1) is 28.7. The van der Waals surface area contributed by atoms with Crippen molar-refractivity contribution in [2.75, 3.05) is 16.8 Å². The first-order chi connectivity index (χ1) is 19.2. The first-order valence-corrected chi connectivity index (χ1v) is 13.1. The number of carbonyl (C=O) groups excluding carboxylic acids is 2. The number of anilines is 2. The predicted octanol–water partition coefficient (Wildman–Crippen LogP) is 5.43. The molecule has 0 bridgehead atoms. The summed E-state index contributed by atoms with van der Waals surface area (Å²) in [5.74, 6) is -3.16. The fourth-order valence-corrected chi connectivity index (χ4v) is 4.78. The van der Waals surface area contributed by atoms with Gasteiger partial charge in [-0.05, 0) is 66.3 Å². The van der Waals surface area contributed by atoms with Crippen LogP contribution < -0.4 is 15.5 Å². The lowest BCUT2D eigenvalue weighted by molar-refractivity contribution is -0.146. The molecule has 0 aliphatic heterocycles. The largest absolute Gasteiger partial charge is 0.479 e. The third-order valence-corrected chi connectivity index (χ3v) is 6.94. The van der Waals surface area contributed by atoms with Gasteiger partial charge in [0.15, 0.2) is 6.10 Å². The molecule has 40 heavy (non-hydrogen) atoms. The number of halogens is 2. The van der Waals surface area contributed by atoms with E-state index in [4.69, 9.17) is 5.11 Å². The first-order valence-electron chi connectivity index (χ1n) is 13.1. The Balaban J connectivity index is 1.52. The number of carboxylic acid groups (broad SMARTS) is 1. The van der Waals surface area contributed by atoms with E-state index in [0.717, 1.165) is 31.0 Å². The Morgan fingerprint density at radius 1 is 0.900 bits per heavy atom. The van der Waals surface area contributed by atoms with E-state index in [1.165, 1.54) is 41.9 Å². The number of urea groups is 1. The average Bonchev–Trinajstić information content (AvgIpc) is 2.94. The van der Waals surface area contributed by atoms with Crippen LogP contribution in [0.1, 0.15) is 59.5 Å². The van der Waals surface area contributed by atoms with Crippen molar-refractivity contribution in [3.05, 3.63) is 95.1 Å². The number of aliphatic hydroxyl groups is 1. The van der Waals surface area contributed by atoms with Crippen LogP contribution in [0, 0.1) is 11.6 Å². The number of hydrogen-bond donors (Lipinski definition) is 4. The predicted molar refractivity (Wildman–Crippen MR) is 146 cm³/mol. The zero-order valence-electron chi connectivity index (χ0n) is 21.8. The number of amides is 3. The normalized spacial score (nSPS) is 14.3. The minimum absolute atomic E-state index is 0.0260. The third-order valence-electron chi connectivity index (χ3n) is 6.94. The summed E-state index contributed by atoms with van der Waals surface area (Å²) in [4.78, 5) is 37.8. The third kappa shape index (κ3) is 7.63. The van der Waals surface area contributed by atoms with Crippen LogP contribution in [0.3, 0.4) is 0 Å². The van der Waals surface area contributed by atoms with Crippen LogP contribution in [0.4, 0.5) is 25.0 Å². The van der Waals surface area contributed by atoms with E-state index in [1.54, 1.807) is 12.1 Å². The second kappa shape index (κ2) is 13.2. The van der Waals surface area contributed by atoms with Crippen molar-refractivity contribution in [3.8, 4) is 0 Å². The zero-order valence-corrected chi connectivity index (χ0v) is 21.8. The molecule has 210 valence electrons. The molecule has 1 atom stereocenters. The number of carboxylic acids is 1. The zero-order chi connectivity index (χ0) is 28.6. The summed E-state index contributed by atoms with van der Waals surface area (Å²) in [6, 6.07) is 16.2. The maximum atomic E-state index is 13.7. The molecule has 0 aromatic heterocycles. The molecule has 4 rings (SSSR count). The molecule has 3 amide bonds. The topological polar surface area (TPSA) is 119 Å². The fourth-order valence-electron chi connectivity index (χ4n) is 4.78. The van der Waals surface area contributed by atoms with E-state index < -0.39 is 42.2 Å². The highest BCUT2D eigenvalue weighted by atomic mass is 19.1. The summed E-state index contributed by atoms with van der Waals surface area (Å²) in [6.07, 6.45) is 4.17. The number of hydrogen-bond acceptors (Lipinski definition) is 4. The van der Waals surface area contributed by atoms with Gasteiger partial charge in [0.2, 0.25) is 0 Å². The van der Waals surface area contributed by atoms with E-state index in [0.29, 0.717) is 17.2 Å². The van der Waals surface area contributed by atoms with Gasteiger partial charge in [0.1, 0.15) is 11.6 Å². The van der Waals surface area contributed by atoms with Gasteiger partial charge >= 0.3 is 12.0 Å². The molecule has 10 heteroatoms. The summed E-state index contributed by atoms with van der Waals surface area (Å²) < 4.78 is 27.5. The summed E-state index contributed by atoms with van der Waals surface area (Å²) >= 11 is 0. The molecule has 1 aliphatic carbocycles. The lowest BCUT2D eigenvalue weighted by Gasteiger charge is -2.26. The number of carbonyl (C=O) groups is 3. The number of nitrogens with zero attached hydrogens (tertiary/aromatic N) is 1. The molecule has 0 spiro atoms.